The predicted octanol–water partition coefficient (Wildman–Crippen LogP) is 0.296. The molecule has 8 nitrogen and oxygen atoms in total. The summed E-state index contributed by atoms with van der Waals surface area (Å²) in [5.41, 5.74) is 5.57. The average Bonchev–Trinajstić information content (AvgIpc) is 3.07. The van der Waals surface area contributed by atoms with Crippen LogP contribution in [0.3, 0.4) is 0 Å². The molecule has 0 unspecified atom stereocenters. The molecule has 0 saturated carbocycles. The number of benzene rings is 1. The molecule has 1 atom stereocenters. The Hall–Kier alpha value is -2.77. The lowest BCUT2D eigenvalue weighted by atomic mass is 9.97. The molecule has 1 fully saturated rings. The van der Waals surface area contributed by atoms with Gasteiger partial charge < -0.3 is 24.8 Å². The number of nitrogens with two attached hydrogens (primary N) is 1. The lowest BCUT2D eigenvalue weighted by Crippen LogP contribution is -2.45. The van der Waals surface area contributed by atoms with E-state index in [9.17, 15) is 14.4 Å². The van der Waals surface area contributed by atoms with Crippen LogP contribution in [0.1, 0.15) is 23.2 Å². The third kappa shape index (κ3) is 3.42. The van der Waals surface area contributed by atoms with Crippen molar-refractivity contribution in [1.82, 2.24) is 4.90 Å². The fourth-order valence-electron chi connectivity index (χ4n) is 2.76. The molecule has 2 aliphatic heterocycles. The maximum absolute atomic E-state index is 12.1. The van der Waals surface area contributed by atoms with Gasteiger partial charge in [0.05, 0.1) is 11.5 Å². The topological polar surface area (TPSA) is 108 Å². The van der Waals surface area contributed by atoms with E-state index in [1.807, 2.05) is 0 Å². The van der Waals surface area contributed by atoms with Crippen LogP contribution in [0.25, 0.3) is 0 Å². The van der Waals surface area contributed by atoms with Crippen LogP contribution in [0.4, 0.5) is 0 Å². The molecule has 8 heteroatoms. The molecule has 2 heterocycles. The molecule has 2 N–H and O–H groups in total. The highest BCUT2D eigenvalue weighted by Gasteiger charge is 2.27. The van der Waals surface area contributed by atoms with Crippen LogP contribution in [0.15, 0.2) is 18.2 Å². The molecule has 1 aromatic carbocycles. The first-order chi connectivity index (χ1) is 11.5. The number of likely N-dealkylation sites (tertiary alicyclic amines) is 1. The van der Waals surface area contributed by atoms with Crippen LogP contribution < -0.4 is 15.2 Å². The summed E-state index contributed by atoms with van der Waals surface area (Å²) >= 11 is 0. The molecule has 1 saturated heterocycles. The lowest BCUT2D eigenvalue weighted by molar-refractivity contribution is -0.137. The zero-order chi connectivity index (χ0) is 17.1. The summed E-state index contributed by atoms with van der Waals surface area (Å²) in [4.78, 5) is 36.9. The number of fused-ring (bicyclic) bond motifs is 1. The molecule has 0 aromatic heterocycles. The van der Waals surface area contributed by atoms with Crippen LogP contribution in [0.2, 0.25) is 0 Å². The Morgan fingerprint density at radius 3 is 2.83 bits per heavy atom. The van der Waals surface area contributed by atoms with Gasteiger partial charge in [-0.1, -0.05) is 0 Å². The third-order valence-electron chi connectivity index (χ3n) is 4.11. The number of esters is 1. The zero-order valence-electron chi connectivity index (χ0n) is 13.0. The average molecular weight is 334 g/mol. The van der Waals surface area contributed by atoms with Crippen molar-refractivity contribution in [2.75, 3.05) is 26.5 Å². The molecule has 24 heavy (non-hydrogen) atoms. The lowest BCUT2D eigenvalue weighted by Gasteiger charge is -2.31. The minimum Gasteiger partial charge on any atom is -0.454 e. The van der Waals surface area contributed by atoms with Gasteiger partial charge >= 0.3 is 5.97 Å². The van der Waals surface area contributed by atoms with Crippen molar-refractivity contribution in [3.8, 4) is 11.5 Å². The van der Waals surface area contributed by atoms with E-state index in [0.29, 0.717) is 30.9 Å². The first-order valence-corrected chi connectivity index (χ1v) is 7.68. The monoisotopic (exact) mass is 334 g/mol. The zero-order valence-corrected chi connectivity index (χ0v) is 13.0. The van der Waals surface area contributed by atoms with E-state index in [1.165, 1.54) is 11.0 Å². The summed E-state index contributed by atoms with van der Waals surface area (Å²) in [5.74, 6) is -0.679. The van der Waals surface area contributed by atoms with E-state index < -0.39 is 11.9 Å². The molecule has 3 rings (SSSR count). The molecule has 128 valence electrons. The smallest absolute Gasteiger partial charge is 0.338 e. The Morgan fingerprint density at radius 2 is 2.04 bits per heavy atom. The van der Waals surface area contributed by atoms with E-state index in [1.54, 1.807) is 12.1 Å². The second-order valence-corrected chi connectivity index (χ2v) is 5.73. The molecule has 0 bridgehead atoms. The number of nitrogens with zero attached hydrogens (tertiary/aromatic N) is 1. The van der Waals surface area contributed by atoms with Gasteiger partial charge in [-0.3, -0.25) is 9.59 Å². The molecule has 0 radical (unpaired) electrons. The van der Waals surface area contributed by atoms with Crippen LogP contribution in [-0.4, -0.2) is 49.2 Å². The van der Waals surface area contributed by atoms with Crippen molar-refractivity contribution in [3.63, 3.8) is 0 Å². The number of hydrogen-bond donors (Lipinski definition) is 1. The number of carbonyl (C=O) groups is 3. The number of hydrogen-bond acceptors (Lipinski definition) is 6. The normalized spacial score (nSPS) is 19.0. The SMILES string of the molecule is NC(=O)[C@H]1CCCN(C(=O)COC(=O)c2ccc3c(c2)OCO3)C1. The number of amides is 2. The van der Waals surface area contributed by atoms with Crippen molar-refractivity contribution in [2.45, 2.75) is 12.8 Å². The Kier molecular flexibility index (Phi) is 4.54. The Balaban J connectivity index is 1.54. The molecular weight excluding hydrogens is 316 g/mol. The molecule has 1 aromatic rings. The summed E-state index contributed by atoms with van der Waals surface area (Å²) in [6, 6.07) is 4.67. The van der Waals surface area contributed by atoms with Crippen LogP contribution >= 0.6 is 0 Å². The molecule has 2 aliphatic rings. The van der Waals surface area contributed by atoms with E-state index >= 15 is 0 Å². The molecule has 2 amide bonds. The van der Waals surface area contributed by atoms with Crippen LogP contribution in [-0.2, 0) is 14.3 Å². The number of ether oxygens (including phenoxy) is 3. The van der Waals surface area contributed by atoms with E-state index in [0.717, 1.165) is 0 Å². The maximum Gasteiger partial charge on any atom is 0.338 e. The Morgan fingerprint density at radius 1 is 1.25 bits per heavy atom. The summed E-state index contributed by atoms with van der Waals surface area (Å²) in [6.07, 6.45) is 1.38. The summed E-state index contributed by atoms with van der Waals surface area (Å²) in [5, 5.41) is 0. The van der Waals surface area contributed by atoms with Crippen molar-refractivity contribution in [2.24, 2.45) is 11.7 Å². The second kappa shape index (κ2) is 6.77. The van der Waals surface area contributed by atoms with E-state index in [4.69, 9.17) is 19.9 Å². The van der Waals surface area contributed by atoms with Gasteiger partial charge in [0.2, 0.25) is 12.7 Å². The highest BCUT2D eigenvalue weighted by atomic mass is 16.7. The minimum atomic E-state index is -0.620. The molecule has 0 aliphatic carbocycles. The third-order valence-corrected chi connectivity index (χ3v) is 4.11. The van der Waals surface area contributed by atoms with Crippen molar-refractivity contribution < 1.29 is 28.6 Å². The number of primary amides is 1. The van der Waals surface area contributed by atoms with Crippen molar-refractivity contribution >= 4 is 17.8 Å². The van der Waals surface area contributed by atoms with Gasteiger partial charge in [0, 0.05) is 13.1 Å². The largest absolute Gasteiger partial charge is 0.454 e. The van der Waals surface area contributed by atoms with Gasteiger partial charge in [-0.2, -0.15) is 0 Å². The fourth-order valence-corrected chi connectivity index (χ4v) is 2.76. The van der Waals surface area contributed by atoms with Crippen LogP contribution in [0.5, 0.6) is 11.5 Å². The van der Waals surface area contributed by atoms with Gasteiger partial charge in [0.1, 0.15) is 0 Å². The second-order valence-electron chi connectivity index (χ2n) is 5.73. The van der Waals surface area contributed by atoms with Gasteiger partial charge in [-0.25, -0.2) is 4.79 Å². The molecule has 0 spiro atoms. The summed E-state index contributed by atoms with van der Waals surface area (Å²) < 4.78 is 15.4. The first-order valence-electron chi connectivity index (χ1n) is 7.68. The van der Waals surface area contributed by atoms with Gasteiger partial charge in [0.15, 0.2) is 18.1 Å². The van der Waals surface area contributed by atoms with E-state index in [-0.39, 0.29) is 37.3 Å². The van der Waals surface area contributed by atoms with Gasteiger partial charge in [0.25, 0.3) is 5.91 Å². The number of piperidine rings is 1. The van der Waals surface area contributed by atoms with Crippen molar-refractivity contribution in [1.29, 1.82) is 0 Å². The predicted molar refractivity (Wildman–Crippen MR) is 81.3 cm³/mol. The minimum absolute atomic E-state index is 0.113. The highest BCUT2D eigenvalue weighted by molar-refractivity contribution is 5.92. The fraction of sp³-hybridized carbons (Fsp3) is 0.438. The Bertz CT molecular complexity index is 675. The number of carbonyl (C=O) groups excluding carboxylic acids is 3. The summed E-state index contributed by atoms with van der Waals surface area (Å²) in [7, 11) is 0. The molecular formula is C16H18N2O6. The first kappa shape index (κ1) is 16.1. The number of rotatable bonds is 4. The van der Waals surface area contributed by atoms with Crippen LogP contribution in [0, 0.1) is 5.92 Å². The van der Waals surface area contributed by atoms with Gasteiger partial charge in [-0.15, -0.1) is 0 Å². The standard InChI is InChI=1S/C16H18N2O6/c17-15(20)11-2-1-5-18(7-11)14(19)8-22-16(21)10-3-4-12-13(6-10)24-9-23-12/h3-4,6,11H,1-2,5,7-9H2,(H2,17,20)/t11-/m0/s1. The Labute approximate surface area is 138 Å². The summed E-state index contributed by atoms with van der Waals surface area (Å²) in [6.45, 7) is 0.543. The maximum atomic E-state index is 12.1. The quantitative estimate of drug-likeness (QED) is 0.793. The van der Waals surface area contributed by atoms with Crippen molar-refractivity contribution in [3.05, 3.63) is 23.8 Å². The van der Waals surface area contributed by atoms with Gasteiger partial charge in [-0.05, 0) is 31.0 Å². The van der Waals surface area contributed by atoms with E-state index in [2.05, 4.69) is 0 Å². The highest BCUT2D eigenvalue weighted by Crippen LogP contribution is 2.32.